The van der Waals surface area contributed by atoms with E-state index >= 15 is 0 Å². The van der Waals surface area contributed by atoms with Gasteiger partial charge >= 0.3 is 12.0 Å². The van der Waals surface area contributed by atoms with E-state index in [1.54, 1.807) is 30.2 Å². The molecule has 0 aliphatic carbocycles. The minimum absolute atomic E-state index is 0. The maximum atomic E-state index is 14.7. The summed E-state index contributed by atoms with van der Waals surface area (Å²) >= 11 is 0. The number of carbonyl (C=O) groups is 5. The predicted molar refractivity (Wildman–Crippen MR) is 296 cm³/mol. The van der Waals surface area contributed by atoms with E-state index in [9.17, 15) is 24.0 Å². The van der Waals surface area contributed by atoms with Gasteiger partial charge in [-0.05, 0) is 93.5 Å². The number of methoxy groups -OCH3 is 1. The first-order chi connectivity index (χ1) is 32.0. The number of likely N-dealkylation sites (tertiary alicyclic amines) is 2. The number of esters is 1. The molecule has 71 heavy (non-hydrogen) atoms. The summed E-state index contributed by atoms with van der Waals surface area (Å²) in [5.41, 5.74) is 9.27. The van der Waals surface area contributed by atoms with Crippen molar-refractivity contribution in [3.05, 3.63) is 84.3 Å². The van der Waals surface area contributed by atoms with E-state index in [0.29, 0.717) is 63.4 Å². The molecule has 4 aromatic rings. The van der Waals surface area contributed by atoms with Gasteiger partial charge < -0.3 is 34.1 Å². The molecule has 20 heteroatoms. The number of nitrogens with one attached hydrogen (secondary N) is 2. The van der Waals surface area contributed by atoms with E-state index in [4.69, 9.17) is 19.4 Å². The van der Waals surface area contributed by atoms with Crippen molar-refractivity contribution in [2.24, 2.45) is 11.3 Å². The number of aromatic nitrogens is 3. The zero-order valence-electron chi connectivity index (χ0n) is 42.1. The zero-order valence-corrected chi connectivity index (χ0v) is 46.1. The van der Waals surface area contributed by atoms with Crippen LogP contribution in [0.4, 0.5) is 4.79 Å². The van der Waals surface area contributed by atoms with Crippen molar-refractivity contribution in [3.8, 4) is 22.5 Å². The van der Waals surface area contributed by atoms with E-state index in [0.717, 1.165) is 45.4 Å². The molecule has 0 radical (unpaired) electrons. The minimum atomic E-state index is -1.11. The van der Waals surface area contributed by atoms with Gasteiger partial charge in [-0.25, -0.2) is 10.2 Å². The number of nitrogens with zero attached hydrogens (tertiary/aromatic N) is 7. The van der Waals surface area contributed by atoms with Gasteiger partial charge in [-0.2, -0.15) is 54.0 Å². The monoisotopic (exact) mass is 1050 g/mol. The van der Waals surface area contributed by atoms with Gasteiger partial charge in [-0.1, -0.05) is 46.4 Å². The van der Waals surface area contributed by atoms with Crippen LogP contribution in [0.25, 0.3) is 33.4 Å². The second-order valence-electron chi connectivity index (χ2n) is 19.8. The molecule has 8 rings (SSSR count). The van der Waals surface area contributed by atoms with Crippen molar-refractivity contribution in [1.29, 1.82) is 0 Å². The normalized spacial score (nSPS) is 20.0. The molecule has 1 spiro atoms. The lowest BCUT2D eigenvalue weighted by Gasteiger charge is -2.62. The predicted octanol–water partition coefficient (Wildman–Crippen LogP) is 6.14. The largest absolute Gasteiger partial charge is 0.464 e. The number of fused-ring (bicyclic) bond motifs is 6. The lowest BCUT2D eigenvalue weighted by atomic mass is 9.77. The van der Waals surface area contributed by atoms with E-state index in [1.807, 2.05) is 45.0 Å². The maximum absolute atomic E-state index is 14.7. The molecule has 4 aliphatic heterocycles. The Labute approximate surface area is 445 Å². The summed E-state index contributed by atoms with van der Waals surface area (Å²) in [6.07, 6.45) is 5.15. The maximum Gasteiger partial charge on any atom is 0.324 e. The van der Waals surface area contributed by atoms with E-state index in [2.05, 4.69) is 66.9 Å². The summed E-state index contributed by atoms with van der Waals surface area (Å²) in [7, 11) is 3.29. The van der Waals surface area contributed by atoms with Crippen molar-refractivity contribution in [3.63, 3.8) is 0 Å². The topological polar surface area (TPSA) is 172 Å². The van der Waals surface area contributed by atoms with Gasteiger partial charge in [0.15, 0.2) is 0 Å². The first kappa shape index (κ1) is 58.8. The Balaban J connectivity index is 0.00000274. The van der Waals surface area contributed by atoms with Crippen LogP contribution in [0.3, 0.4) is 0 Å². The van der Waals surface area contributed by atoms with Gasteiger partial charge in [-0.3, -0.25) is 34.2 Å². The average molecular weight is 1050 g/mol. The molecular formula is C51H73N9O7S4. The second kappa shape index (κ2) is 23.9. The summed E-state index contributed by atoms with van der Waals surface area (Å²) in [6.45, 7) is 18.1. The van der Waals surface area contributed by atoms with Crippen LogP contribution in [0.1, 0.15) is 83.9 Å². The first-order valence-electron chi connectivity index (χ1n) is 23.6. The Morgan fingerprint density at radius 2 is 1.77 bits per heavy atom. The van der Waals surface area contributed by atoms with Gasteiger partial charge in [-0.15, -0.1) is 0 Å². The number of likely N-dealkylation sites (N-methyl/N-ethyl adjacent to an activating group) is 1. The molecule has 7 heterocycles. The zero-order chi connectivity index (χ0) is 47.9. The molecule has 0 unspecified atom stereocenters. The summed E-state index contributed by atoms with van der Waals surface area (Å²) in [4.78, 5) is 84.4. The third-order valence-corrected chi connectivity index (χ3v) is 14.1. The van der Waals surface area contributed by atoms with Crippen molar-refractivity contribution < 1.29 is 33.4 Å². The summed E-state index contributed by atoms with van der Waals surface area (Å²) in [5.74, 6) is -1.89. The Morgan fingerprint density at radius 3 is 2.42 bits per heavy atom. The van der Waals surface area contributed by atoms with Gasteiger partial charge in [0, 0.05) is 92.6 Å². The summed E-state index contributed by atoms with van der Waals surface area (Å²) in [5, 5.41) is 5.50. The van der Waals surface area contributed by atoms with Gasteiger partial charge in [0.2, 0.25) is 11.8 Å². The van der Waals surface area contributed by atoms with Crippen LogP contribution >= 0.6 is 54.0 Å². The quantitative estimate of drug-likeness (QED) is 0.147. The first-order valence-corrected chi connectivity index (χ1v) is 23.6. The van der Waals surface area contributed by atoms with Crippen molar-refractivity contribution in [2.75, 3.05) is 46.9 Å². The number of hydrazine groups is 1. The molecule has 5 amide bonds. The lowest BCUT2D eigenvalue weighted by Crippen LogP contribution is -2.79. The highest BCUT2D eigenvalue weighted by Gasteiger charge is 2.57. The van der Waals surface area contributed by atoms with Crippen LogP contribution in [-0.4, -0.2) is 135 Å². The third-order valence-electron chi connectivity index (χ3n) is 14.1. The van der Waals surface area contributed by atoms with Crippen molar-refractivity contribution >= 4 is 94.6 Å². The number of cyclic esters (lactones) is 1. The standard InChI is InChI=1S/C51H65N9O7.4H2S/c1-10-42(61)57-28-51(29-57)21-24-59(51)49(65)56(8)44(31(3)4)46(62)54-40-26-34-15-12-17-38(53-34)33-19-20-41-36(25-33)37(45(58(41)11-2)35-16-13-22-52-43(35)32(5)66-9)27-50(6,7)30-67-48(64)39-18-14-23-60(55-39)47(40)63;;;;/h10,12-13,15-17,19-20,22,25,31-32,39-40,44,55H,1,11,14,18,21,23-24,26-30H2,2-9H3,(H,54,62);4*1H2/t32-,39-,40-,44-;;;;/m0..../s1. The second-order valence-corrected chi connectivity index (χ2v) is 19.8. The number of benzene rings is 1. The SMILES string of the molecule is C=CC(=O)N1CC2(CCN2C(=O)N(C)[C@H](C(=O)N[C@H]2Cc3cccc(n3)-c3ccc4c(c3)c(c(-c3cccnc3[C@H](C)OC)n4CC)CC(C)(C)COC(=O)[C@@H]3CCCN(N3)C2=O)C(C)C)C1.S.S.S.S. The Morgan fingerprint density at radius 1 is 1.04 bits per heavy atom. The molecule has 1 aromatic carbocycles. The number of hydrogen-bond donors (Lipinski definition) is 2. The number of aryl methyl sites for hydroxylation is 1. The van der Waals surface area contributed by atoms with Crippen LogP contribution < -0.4 is 10.7 Å². The van der Waals surface area contributed by atoms with Crippen LogP contribution in [0.2, 0.25) is 0 Å². The smallest absolute Gasteiger partial charge is 0.324 e. The van der Waals surface area contributed by atoms with E-state index in [-0.39, 0.29) is 91.0 Å². The fourth-order valence-electron chi connectivity index (χ4n) is 10.4. The summed E-state index contributed by atoms with van der Waals surface area (Å²) < 4.78 is 14.3. The summed E-state index contributed by atoms with van der Waals surface area (Å²) in [6, 6.07) is 12.9. The number of pyridine rings is 2. The Hall–Kier alpha value is -4.73. The van der Waals surface area contributed by atoms with Crippen LogP contribution in [0, 0.1) is 11.3 Å². The molecule has 4 aliphatic rings. The Kier molecular flexibility index (Phi) is 19.8. The fraction of sp³-hybridized carbons (Fsp3) is 0.510. The number of amides is 5. The number of hydrogen-bond acceptors (Lipinski definition) is 10. The molecule has 0 saturated carbocycles. The van der Waals surface area contributed by atoms with Crippen LogP contribution in [0.5, 0.6) is 0 Å². The number of ether oxygens (including phenoxy) is 2. The van der Waals surface area contributed by atoms with Crippen molar-refractivity contribution in [2.45, 2.75) is 110 Å². The lowest BCUT2D eigenvalue weighted by molar-refractivity contribution is -0.155. The number of urea groups is 1. The molecule has 3 fully saturated rings. The molecule has 6 bridgehead atoms. The number of carbonyl (C=O) groups excluding carboxylic acids is 5. The molecule has 2 N–H and O–H groups in total. The minimum Gasteiger partial charge on any atom is -0.464 e. The number of rotatable bonds is 9. The molecule has 3 aromatic heterocycles. The van der Waals surface area contributed by atoms with Gasteiger partial charge in [0.25, 0.3) is 5.91 Å². The average Bonchev–Trinajstić information content (AvgIpc) is 3.60. The molecule has 3 saturated heterocycles. The highest BCUT2D eigenvalue weighted by Crippen LogP contribution is 2.43. The van der Waals surface area contributed by atoms with Crippen molar-refractivity contribution in [1.82, 2.24) is 45.0 Å². The molecular weight excluding hydrogens is 979 g/mol. The molecule has 16 nitrogen and oxygen atoms in total. The van der Waals surface area contributed by atoms with E-state index < -0.39 is 46.9 Å². The highest BCUT2D eigenvalue weighted by molar-refractivity contribution is 7.59. The fourth-order valence-corrected chi connectivity index (χ4v) is 10.4. The molecule has 4 atom stereocenters. The van der Waals surface area contributed by atoms with Crippen LogP contribution in [0.15, 0.2) is 67.4 Å². The van der Waals surface area contributed by atoms with Gasteiger partial charge in [0.1, 0.15) is 18.1 Å². The highest BCUT2D eigenvalue weighted by atomic mass is 32.1. The van der Waals surface area contributed by atoms with Crippen LogP contribution in [-0.2, 0) is 48.0 Å². The van der Waals surface area contributed by atoms with E-state index in [1.165, 1.54) is 16.0 Å². The molecule has 388 valence electrons. The van der Waals surface area contributed by atoms with Gasteiger partial charge in [0.05, 0.1) is 35.3 Å². The third kappa shape index (κ3) is 11.6. The Bertz CT molecular complexity index is 2600.